The highest BCUT2D eigenvalue weighted by atomic mass is 32.2. The third-order valence-electron chi connectivity index (χ3n) is 4.60. The number of hydrogen-bond donors (Lipinski definition) is 1. The summed E-state index contributed by atoms with van der Waals surface area (Å²) in [5.74, 6) is 1.97. The molecule has 1 N–H and O–H groups in total. The molecular formula is C17H26N6O3S. The summed E-state index contributed by atoms with van der Waals surface area (Å²) >= 11 is 1.63. The van der Waals surface area contributed by atoms with E-state index in [1.165, 1.54) is 0 Å². The van der Waals surface area contributed by atoms with E-state index in [0.29, 0.717) is 30.3 Å². The Labute approximate surface area is 162 Å². The van der Waals surface area contributed by atoms with Crippen molar-refractivity contribution in [2.24, 2.45) is 0 Å². The van der Waals surface area contributed by atoms with Crippen LogP contribution in [0.4, 0.5) is 0 Å². The quantitative estimate of drug-likeness (QED) is 0.605. The molecule has 0 aliphatic carbocycles. The minimum absolute atomic E-state index is 0.0150. The molecule has 9 nitrogen and oxygen atoms in total. The van der Waals surface area contributed by atoms with Crippen molar-refractivity contribution in [2.75, 3.05) is 19.4 Å². The average Bonchev–Trinajstić information content (AvgIpc) is 3.40. The van der Waals surface area contributed by atoms with Crippen LogP contribution in [-0.2, 0) is 23.5 Å². The molecule has 0 spiro atoms. The Kier molecular flexibility index (Phi) is 7.22. The van der Waals surface area contributed by atoms with Gasteiger partial charge in [0, 0.05) is 32.5 Å². The molecule has 10 heteroatoms. The van der Waals surface area contributed by atoms with E-state index >= 15 is 0 Å². The largest absolute Gasteiger partial charge is 0.396 e. The number of rotatable bonds is 10. The van der Waals surface area contributed by atoms with Gasteiger partial charge in [0.2, 0.25) is 11.8 Å². The van der Waals surface area contributed by atoms with E-state index in [2.05, 4.69) is 20.5 Å². The smallest absolute Gasteiger partial charge is 0.227 e. The first-order valence-corrected chi connectivity index (χ1v) is 10.7. The van der Waals surface area contributed by atoms with E-state index in [1.54, 1.807) is 16.4 Å². The lowest BCUT2D eigenvalue weighted by atomic mass is 10.1. The Bertz CT molecular complexity index is 734. The Morgan fingerprint density at radius 3 is 3.15 bits per heavy atom. The van der Waals surface area contributed by atoms with Crippen LogP contribution in [0.15, 0.2) is 10.7 Å². The summed E-state index contributed by atoms with van der Waals surface area (Å²) in [6.45, 7) is 1.65. The van der Waals surface area contributed by atoms with Crippen LogP contribution < -0.4 is 0 Å². The van der Waals surface area contributed by atoms with Crippen LogP contribution in [0.2, 0.25) is 0 Å². The van der Waals surface area contributed by atoms with Gasteiger partial charge in [0.05, 0.1) is 18.0 Å². The summed E-state index contributed by atoms with van der Waals surface area (Å²) in [5, 5.41) is 21.2. The van der Waals surface area contributed by atoms with Gasteiger partial charge in [-0.2, -0.15) is 16.7 Å². The summed E-state index contributed by atoms with van der Waals surface area (Å²) in [5.41, 5.74) is 0.838. The maximum absolute atomic E-state index is 12.7. The van der Waals surface area contributed by atoms with Gasteiger partial charge in [-0.3, -0.25) is 9.48 Å². The van der Waals surface area contributed by atoms with Crippen molar-refractivity contribution in [2.45, 2.75) is 56.9 Å². The predicted molar refractivity (Wildman–Crippen MR) is 99.9 cm³/mol. The minimum Gasteiger partial charge on any atom is -0.396 e. The van der Waals surface area contributed by atoms with Crippen LogP contribution in [0, 0.1) is 0 Å². The molecule has 3 rings (SSSR count). The zero-order valence-electron chi connectivity index (χ0n) is 15.6. The number of carbonyl (C=O) groups is 1. The second-order valence-electron chi connectivity index (χ2n) is 6.62. The molecule has 2 aromatic rings. The van der Waals surface area contributed by atoms with Crippen LogP contribution in [0.25, 0.3) is 0 Å². The zero-order chi connectivity index (χ0) is 19.1. The lowest BCUT2D eigenvalue weighted by molar-refractivity contribution is -0.132. The molecule has 0 saturated carbocycles. The third-order valence-corrected chi connectivity index (χ3v) is 5.15. The van der Waals surface area contributed by atoms with E-state index in [9.17, 15) is 4.79 Å². The van der Waals surface area contributed by atoms with Crippen molar-refractivity contribution in [1.82, 2.24) is 30.0 Å². The Balaban J connectivity index is 1.54. The molecule has 0 radical (unpaired) electrons. The molecule has 0 bridgehead atoms. The van der Waals surface area contributed by atoms with Crippen LogP contribution in [0.5, 0.6) is 0 Å². The Hall–Kier alpha value is -1.94. The summed E-state index contributed by atoms with van der Waals surface area (Å²) < 4.78 is 6.99. The number of aryl methyl sites for hydroxylation is 2. The normalized spacial score (nSPS) is 17.0. The van der Waals surface area contributed by atoms with E-state index in [-0.39, 0.29) is 18.6 Å². The fourth-order valence-corrected chi connectivity index (χ4v) is 3.65. The number of nitrogens with zero attached hydrogens (tertiary/aromatic N) is 6. The van der Waals surface area contributed by atoms with Gasteiger partial charge in [-0.15, -0.1) is 5.10 Å². The molecule has 1 saturated heterocycles. The lowest BCUT2D eigenvalue weighted by Gasteiger charge is -2.22. The first-order valence-electron chi connectivity index (χ1n) is 9.32. The number of hydrogen-bond acceptors (Lipinski definition) is 8. The highest BCUT2D eigenvalue weighted by molar-refractivity contribution is 7.97. The van der Waals surface area contributed by atoms with Gasteiger partial charge in [-0.05, 0) is 31.9 Å². The Morgan fingerprint density at radius 1 is 1.44 bits per heavy atom. The number of aliphatic hydroxyl groups excluding tert-OH is 1. The molecule has 1 atom stereocenters. The fourth-order valence-electron chi connectivity index (χ4n) is 3.27. The molecular weight excluding hydrogens is 368 g/mol. The van der Waals surface area contributed by atoms with E-state index in [1.807, 2.05) is 17.4 Å². The maximum atomic E-state index is 12.7. The van der Waals surface area contributed by atoms with Gasteiger partial charge in [0.15, 0.2) is 5.82 Å². The van der Waals surface area contributed by atoms with Crippen LogP contribution in [0.3, 0.4) is 0 Å². The molecule has 1 fully saturated rings. The van der Waals surface area contributed by atoms with Gasteiger partial charge < -0.3 is 14.5 Å². The Morgan fingerprint density at radius 2 is 2.33 bits per heavy atom. The molecule has 0 aromatic carbocycles. The molecule has 148 valence electrons. The second kappa shape index (κ2) is 9.84. The van der Waals surface area contributed by atoms with Gasteiger partial charge in [0.25, 0.3) is 0 Å². The molecule has 27 heavy (non-hydrogen) atoms. The van der Waals surface area contributed by atoms with Crippen molar-refractivity contribution in [1.29, 1.82) is 0 Å². The number of amides is 1. The number of aromatic nitrogens is 5. The first-order chi connectivity index (χ1) is 13.2. The van der Waals surface area contributed by atoms with Crippen LogP contribution >= 0.6 is 11.8 Å². The molecule has 1 aliphatic rings. The van der Waals surface area contributed by atoms with Crippen LogP contribution in [0.1, 0.15) is 55.6 Å². The predicted octanol–water partition coefficient (Wildman–Crippen LogP) is 1.59. The van der Waals surface area contributed by atoms with Crippen molar-refractivity contribution in [3.63, 3.8) is 0 Å². The van der Waals surface area contributed by atoms with Crippen molar-refractivity contribution in [3.05, 3.63) is 23.6 Å². The zero-order valence-corrected chi connectivity index (χ0v) is 16.4. The maximum Gasteiger partial charge on any atom is 0.227 e. The number of likely N-dealkylation sites (tertiary alicyclic amines) is 1. The van der Waals surface area contributed by atoms with E-state index in [0.717, 1.165) is 44.5 Å². The minimum atomic E-state index is -0.0150. The monoisotopic (exact) mass is 394 g/mol. The highest BCUT2D eigenvalue weighted by Gasteiger charge is 2.31. The van der Waals surface area contributed by atoms with Crippen molar-refractivity contribution in [3.8, 4) is 0 Å². The number of unbranched alkanes of at least 4 members (excludes halogenated alkanes) is 1. The van der Waals surface area contributed by atoms with Crippen LogP contribution in [-0.4, -0.2) is 60.5 Å². The van der Waals surface area contributed by atoms with E-state index in [4.69, 9.17) is 9.63 Å². The average molecular weight is 395 g/mol. The standard InChI is InChI=1S/C17H26N6O3S/c1-27-12-15-18-16(26-20-15)6-7-17(25)23-9-4-5-14(23)13-11-22(21-19-13)8-2-3-10-24/h11,14,24H,2-10,12H2,1H3. The SMILES string of the molecule is CSCc1noc(CCC(=O)N2CCCC2c2cn(CCCCO)nn2)n1. The summed E-state index contributed by atoms with van der Waals surface area (Å²) in [7, 11) is 0. The lowest BCUT2D eigenvalue weighted by Crippen LogP contribution is -2.31. The van der Waals surface area contributed by atoms with Gasteiger partial charge in [-0.25, -0.2) is 0 Å². The molecule has 3 heterocycles. The van der Waals surface area contributed by atoms with Crippen molar-refractivity contribution < 1.29 is 14.4 Å². The summed E-state index contributed by atoms with van der Waals surface area (Å²) in [6.07, 6.45) is 8.17. The number of aliphatic hydroxyl groups is 1. The van der Waals surface area contributed by atoms with Gasteiger partial charge >= 0.3 is 0 Å². The van der Waals surface area contributed by atoms with E-state index < -0.39 is 0 Å². The number of thioether (sulfide) groups is 1. The molecule has 1 aliphatic heterocycles. The molecule has 1 unspecified atom stereocenters. The summed E-state index contributed by atoms with van der Waals surface area (Å²) in [4.78, 5) is 18.9. The summed E-state index contributed by atoms with van der Waals surface area (Å²) in [6, 6.07) is -0.0150. The molecule has 1 amide bonds. The highest BCUT2D eigenvalue weighted by Crippen LogP contribution is 2.31. The topological polar surface area (TPSA) is 110 Å². The third kappa shape index (κ3) is 5.29. The fraction of sp³-hybridized carbons (Fsp3) is 0.706. The molecule has 2 aromatic heterocycles. The number of carbonyl (C=O) groups excluding carboxylic acids is 1. The second-order valence-corrected chi connectivity index (χ2v) is 7.49. The van der Waals surface area contributed by atoms with Gasteiger partial charge in [-0.1, -0.05) is 10.4 Å². The van der Waals surface area contributed by atoms with Crippen molar-refractivity contribution >= 4 is 17.7 Å². The van der Waals surface area contributed by atoms with Gasteiger partial charge in [0.1, 0.15) is 5.69 Å². The first kappa shape index (κ1) is 19.8.